The van der Waals surface area contributed by atoms with Crippen molar-refractivity contribution in [2.45, 2.75) is 22.8 Å². The van der Waals surface area contributed by atoms with Gasteiger partial charge in [-0.1, -0.05) is 72.8 Å². The van der Waals surface area contributed by atoms with Crippen LogP contribution in [0.3, 0.4) is 0 Å². The van der Waals surface area contributed by atoms with E-state index in [0.717, 1.165) is 5.56 Å². The molecule has 0 bridgehead atoms. The van der Waals surface area contributed by atoms with Gasteiger partial charge >= 0.3 is 0 Å². The molecule has 0 fully saturated rings. The van der Waals surface area contributed by atoms with Crippen LogP contribution in [0.2, 0.25) is 0 Å². The molecular formula is C21H23NO2S. The maximum atomic E-state index is 13.6. The molecule has 1 unspecified atom stereocenters. The lowest BCUT2D eigenvalue weighted by atomic mass is 9.67. The van der Waals surface area contributed by atoms with Crippen molar-refractivity contribution in [1.82, 2.24) is 0 Å². The fourth-order valence-electron chi connectivity index (χ4n) is 3.29. The minimum Gasteiger partial charge on any atom is -0.384 e. The summed E-state index contributed by atoms with van der Waals surface area (Å²) >= 11 is 0. The molecule has 0 heterocycles. The summed E-state index contributed by atoms with van der Waals surface area (Å²) in [5, 5.41) is 11.6. The van der Waals surface area contributed by atoms with Crippen molar-refractivity contribution in [3.8, 4) is 0 Å². The lowest BCUT2D eigenvalue weighted by Crippen LogP contribution is -2.52. The molecule has 4 heteroatoms. The summed E-state index contributed by atoms with van der Waals surface area (Å²) in [6.07, 6.45) is 7.46. The second kappa shape index (κ2) is 6.62. The molecule has 0 amide bonds. The second-order valence-electron chi connectivity index (χ2n) is 6.49. The Hall–Kier alpha value is -2.17. The molecule has 0 aromatic heterocycles. The van der Waals surface area contributed by atoms with Gasteiger partial charge < -0.3 is 5.11 Å². The molecule has 0 radical (unpaired) electrons. The van der Waals surface area contributed by atoms with Crippen LogP contribution in [0.25, 0.3) is 0 Å². The normalized spacial score (nSPS) is 27.6. The highest BCUT2D eigenvalue weighted by molar-refractivity contribution is 7.93. The maximum Gasteiger partial charge on any atom is 0.109 e. The summed E-state index contributed by atoms with van der Waals surface area (Å²) in [6, 6.07) is 19.0. The molecule has 2 aromatic carbocycles. The third kappa shape index (κ3) is 3.08. The average Bonchev–Trinajstić information content (AvgIpc) is 2.65. The molecule has 3 atom stereocenters. The van der Waals surface area contributed by atoms with E-state index >= 15 is 0 Å². The lowest BCUT2D eigenvalue weighted by Gasteiger charge is -2.43. The molecular weight excluding hydrogens is 330 g/mol. The molecule has 1 aliphatic rings. The molecule has 2 aromatic rings. The van der Waals surface area contributed by atoms with Crippen molar-refractivity contribution < 1.29 is 9.32 Å². The maximum absolute atomic E-state index is 13.6. The van der Waals surface area contributed by atoms with Gasteiger partial charge in [-0.3, -0.25) is 0 Å². The molecule has 25 heavy (non-hydrogen) atoms. The number of hydrogen-bond donors (Lipinski definition) is 1. The van der Waals surface area contributed by atoms with Crippen molar-refractivity contribution in [1.29, 1.82) is 0 Å². The first-order valence-corrected chi connectivity index (χ1v) is 9.95. The number of allylic oxidation sites excluding steroid dienone is 2. The second-order valence-corrected chi connectivity index (χ2v) is 8.90. The topological polar surface area (TPSA) is 49.7 Å². The summed E-state index contributed by atoms with van der Waals surface area (Å²) in [6.45, 7) is 1.98. The van der Waals surface area contributed by atoms with Crippen LogP contribution in [0, 0.1) is 0 Å². The molecule has 3 rings (SSSR count). The van der Waals surface area contributed by atoms with E-state index in [0.29, 0.717) is 4.90 Å². The van der Waals surface area contributed by atoms with Crippen LogP contribution in [0.4, 0.5) is 0 Å². The van der Waals surface area contributed by atoms with Gasteiger partial charge in [0.15, 0.2) is 0 Å². The smallest absolute Gasteiger partial charge is 0.109 e. The van der Waals surface area contributed by atoms with Crippen molar-refractivity contribution in [3.05, 3.63) is 90.5 Å². The standard InChI is InChI=1S/C21H23NO2S/c1-20(18-11-5-3-6-12-18)15-9-10-16-21(20,23)17-25(24,22-2)19-13-7-4-8-14-19/h3-16,23H,17H2,1-2H3/t20-,21-,25?/m0/s1. The van der Waals surface area contributed by atoms with Gasteiger partial charge in [-0.15, -0.1) is 0 Å². The molecule has 0 saturated heterocycles. The number of benzene rings is 2. The Morgan fingerprint density at radius 3 is 2.12 bits per heavy atom. The zero-order valence-electron chi connectivity index (χ0n) is 14.5. The Bertz CT molecular complexity index is 911. The third-order valence-electron chi connectivity index (χ3n) is 5.01. The van der Waals surface area contributed by atoms with Crippen LogP contribution < -0.4 is 0 Å². The Morgan fingerprint density at radius 1 is 0.960 bits per heavy atom. The van der Waals surface area contributed by atoms with Crippen LogP contribution in [0.5, 0.6) is 0 Å². The summed E-state index contributed by atoms with van der Waals surface area (Å²) in [7, 11) is -1.20. The SMILES string of the molecule is CN=S(=O)(C[C@@]1(O)C=CC=C[C@@]1(C)c1ccccc1)c1ccccc1. The Balaban J connectivity index is 2.09. The first-order chi connectivity index (χ1) is 11.9. The molecule has 3 nitrogen and oxygen atoms in total. The zero-order chi connectivity index (χ0) is 18.0. The monoisotopic (exact) mass is 353 g/mol. The lowest BCUT2D eigenvalue weighted by molar-refractivity contribution is 0.0546. The minimum absolute atomic E-state index is 0.0345. The largest absolute Gasteiger partial charge is 0.384 e. The van der Waals surface area contributed by atoms with Gasteiger partial charge in [0.1, 0.15) is 5.60 Å². The molecule has 130 valence electrons. The van der Waals surface area contributed by atoms with Crippen LogP contribution >= 0.6 is 0 Å². The quantitative estimate of drug-likeness (QED) is 0.904. The molecule has 0 aliphatic heterocycles. The van der Waals surface area contributed by atoms with E-state index in [1.807, 2.05) is 73.7 Å². The van der Waals surface area contributed by atoms with Crippen molar-refractivity contribution in [3.63, 3.8) is 0 Å². The van der Waals surface area contributed by atoms with Crippen LogP contribution in [0.1, 0.15) is 12.5 Å². The first kappa shape index (κ1) is 17.6. The van der Waals surface area contributed by atoms with Gasteiger partial charge in [-0.05, 0) is 24.6 Å². The predicted octanol–water partition coefficient (Wildman–Crippen LogP) is 3.96. The Morgan fingerprint density at radius 2 is 1.52 bits per heavy atom. The fraction of sp³-hybridized carbons (Fsp3) is 0.238. The minimum atomic E-state index is -2.75. The van der Waals surface area contributed by atoms with Gasteiger partial charge in [-0.2, -0.15) is 0 Å². The number of aliphatic hydroxyl groups is 1. The van der Waals surface area contributed by atoms with Gasteiger partial charge in [0.25, 0.3) is 0 Å². The van der Waals surface area contributed by atoms with Gasteiger partial charge in [0, 0.05) is 17.4 Å². The van der Waals surface area contributed by atoms with Gasteiger partial charge in [0.05, 0.1) is 15.5 Å². The molecule has 0 saturated carbocycles. The van der Waals surface area contributed by atoms with Crippen molar-refractivity contribution in [2.24, 2.45) is 4.36 Å². The molecule has 1 aliphatic carbocycles. The summed E-state index contributed by atoms with van der Waals surface area (Å²) in [5.41, 5.74) is -1.02. The van der Waals surface area contributed by atoms with Crippen LogP contribution in [0.15, 0.2) is 94.2 Å². The highest BCUT2D eigenvalue weighted by Crippen LogP contribution is 2.42. The average molecular weight is 353 g/mol. The third-order valence-corrected chi connectivity index (χ3v) is 7.44. The van der Waals surface area contributed by atoms with E-state index in [9.17, 15) is 9.32 Å². The Kier molecular flexibility index (Phi) is 4.67. The van der Waals surface area contributed by atoms with Gasteiger partial charge in [-0.25, -0.2) is 8.57 Å². The van der Waals surface area contributed by atoms with E-state index in [-0.39, 0.29) is 5.75 Å². The zero-order valence-corrected chi connectivity index (χ0v) is 15.3. The number of hydrogen-bond acceptors (Lipinski definition) is 3. The highest BCUT2D eigenvalue weighted by atomic mass is 32.2. The van der Waals surface area contributed by atoms with E-state index < -0.39 is 20.7 Å². The Labute approximate surface area is 149 Å². The van der Waals surface area contributed by atoms with Crippen LogP contribution in [-0.2, 0) is 15.1 Å². The predicted molar refractivity (Wildman–Crippen MR) is 103 cm³/mol. The van der Waals surface area contributed by atoms with E-state index in [1.165, 1.54) is 0 Å². The van der Waals surface area contributed by atoms with E-state index in [1.54, 1.807) is 25.3 Å². The van der Waals surface area contributed by atoms with E-state index in [2.05, 4.69) is 4.36 Å². The van der Waals surface area contributed by atoms with Crippen molar-refractivity contribution >= 4 is 9.73 Å². The van der Waals surface area contributed by atoms with Gasteiger partial charge in [0.2, 0.25) is 0 Å². The molecule has 1 N–H and O–H groups in total. The number of rotatable bonds is 4. The summed E-state index contributed by atoms with van der Waals surface area (Å²) < 4.78 is 17.8. The first-order valence-electron chi connectivity index (χ1n) is 8.27. The summed E-state index contributed by atoms with van der Waals surface area (Å²) in [5.74, 6) is 0.0345. The van der Waals surface area contributed by atoms with E-state index in [4.69, 9.17) is 0 Å². The summed E-state index contributed by atoms with van der Waals surface area (Å²) in [4.78, 5) is 0.643. The molecule has 0 spiro atoms. The fourth-order valence-corrected chi connectivity index (χ4v) is 5.38. The number of nitrogens with zero attached hydrogens (tertiary/aromatic N) is 1. The highest BCUT2D eigenvalue weighted by Gasteiger charge is 2.47. The van der Waals surface area contributed by atoms with Crippen LogP contribution in [-0.4, -0.2) is 27.7 Å². The van der Waals surface area contributed by atoms with Crippen molar-refractivity contribution in [2.75, 3.05) is 12.8 Å².